The quantitative estimate of drug-likeness (QED) is 0.489. The average Bonchev–Trinajstić information content (AvgIpc) is 3.42. The molecule has 0 unspecified atom stereocenters. The number of fused-ring (bicyclic) bond motifs is 1. The zero-order valence-electron chi connectivity index (χ0n) is 19.4. The molecule has 2 fully saturated rings. The second-order valence-electron chi connectivity index (χ2n) is 9.83. The maximum Gasteiger partial charge on any atom is 0.236 e. The van der Waals surface area contributed by atoms with Gasteiger partial charge < -0.3 is 9.88 Å². The fourth-order valence-electron chi connectivity index (χ4n) is 5.11. The predicted molar refractivity (Wildman–Crippen MR) is 132 cm³/mol. The number of thiazole rings is 1. The van der Waals surface area contributed by atoms with E-state index in [0.29, 0.717) is 23.3 Å². The molecular weight excluding hydrogens is 430 g/mol. The Bertz CT molecular complexity index is 1180. The number of anilines is 1. The van der Waals surface area contributed by atoms with Gasteiger partial charge in [0.05, 0.1) is 11.2 Å². The van der Waals surface area contributed by atoms with E-state index in [1.54, 1.807) is 11.3 Å². The van der Waals surface area contributed by atoms with E-state index < -0.39 is 0 Å². The minimum Gasteiger partial charge on any atom is -0.365 e. The van der Waals surface area contributed by atoms with E-state index in [0.717, 1.165) is 35.1 Å². The number of imidazole rings is 1. The van der Waals surface area contributed by atoms with Crippen LogP contribution in [-0.4, -0.2) is 30.5 Å². The first kappa shape index (κ1) is 22.0. The summed E-state index contributed by atoms with van der Waals surface area (Å²) >= 11 is 1.55. The highest BCUT2D eigenvalue weighted by atomic mass is 32.1. The summed E-state index contributed by atoms with van der Waals surface area (Å²) in [6, 6.07) is 2.40. The molecule has 172 valence electrons. The van der Waals surface area contributed by atoms with Gasteiger partial charge in [0.1, 0.15) is 17.4 Å². The Balaban J connectivity index is 1.60. The molecule has 33 heavy (non-hydrogen) atoms. The summed E-state index contributed by atoms with van der Waals surface area (Å²) in [5, 5.41) is 15.2. The molecule has 0 amide bonds. The highest BCUT2D eigenvalue weighted by Gasteiger charge is 2.28. The minimum atomic E-state index is 0.146. The zero-order valence-corrected chi connectivity index (χ0v) is 20.2. The van der Waals surface area contributed by atoms with Gasteiger partial charge in [-0.15, -0.1) is 11.3 Å². The molecule has 0 spiro atoms. The van der Waals surface area contributed by atoms with Gasteiger partial charge in [-0.25, -0.2) is 9.97 Å². The van der Waals surface area contributed by atoms with E-state index >= 15 is 0 Å². The lowest BCUT2D eigenvalue weighted by Gasteiger charge is -2.32. The molecule has 5 rings (SSSR count). The van der Waals surface area contributed by atoms with Gasteiger partial charge in [-0.05, 0) is 50.4 Å². The molecule has 1 atom stereocenters. The SMILES string of the molecule is C=C(c1cscn1)c1nc2nc(C#N)nc(N[C@H](C)C3CCC3)c2n1C[C@H]1CC[C@H](C)CC1. The number of aromatic nitrogens is 5. The summed E-state index contributed by atoms with van der Waals surface area (Å²) in [6.45, 7) is 9.75. The van der Waals surface area contributed by atoms with Gasteiger partial charge in [-0.3, -0.25) is 0 Å². The van der Waals surface area contributed by atoms with Crippen LogP contribution in [0.3, 0.4) is 0 Å². The number of hydrogen-bond acceptors (Lipinski definition) is 7. The first-order valence-electron chi connectivity index (χ1n) is 12.1. The van der Waals surface area contributed by atoms with Crippen molar-refractivity contribution in [2.45, 2.75) is 71.4 Å². The average molecular weight is 462 g/mol. The van der Waals surface area contributed by atoms with Crippen LogP contribution in [0.2, 0.25) is 0 Å². The van der Waals surface area contributed by atoms with E-state index in [1.807, 2.05) is 10.9 Å². The first-order chi connectivity index (χ1) is 16.0. The van der Waals surface area contributed by atoms with Crippen LogP contribution in [0.5, 0.6) is 0 Å². The van der Waals surface area contributed by atoms with E-state index in [2.05, 4.69) is 51.3 Å². The Morgan fingerprint density at radius 2 is 2.03 bits per heavy atom. The maximum atomic E-state index is 9.58. The molecule has 3 aromatic heterocycles. The summed E-state index contributed by atoms with van der Waals surface area (Å²) in [4.78, 5) is 18.5. The van der Waals surface area contributed by atoms with Gasteiger partial charge in [0.15, 0.2) is 11.5 Å². The van der Waals surface area contributed by atoms with Crippen LogP contribution in [0, 0.1) is 29.1 Å². The molecule has 3 heterocycles. The van der Waals surface area contributed by atoms with Gasteiger partial charge in [-0.1, -0.05) is 32.8 Å². The largest absolute Gasteiger partial charge is 0.365 e. The zero-order chi connectivity index (χ0) is 22.9. The lowest BCUT2D eigenvalue weighted by atomic mass is 9.80. The van der Waals surface area contributed by atoms with Gasteiger partial charge >= 0.3 is 0 Å². The van der Waals surface area contributed by atoms with Crippen LogP contribution >= 0.6 is 11.3 Å². The van der Waals surface area contributed by atoms with Crippen molar-refractivity contribution < 1.29 is 0 Å². The third kappa shape index (κ3) is 4.39. The van der Waals surface area contributed by atoms with Crippen LogP contribution in [-0.2, 0) is 6.54 Å². The molecule has 0 aliphatic heterocycles. The van der Waals surface area contributed by atoms with Crippen LogP contribution in [0.4, 0.5) is 5.82 Å². The van der Waals surface area contributed by atoms with Crippen LogP contribution in [0.15, 0.2) is 17.5 Å². The van der Waals surface area contributed by atoms with Crippen molar-refractivity contribution in [1.82, 2.24) is 24.5 Å². The molecule has 0 radical (unpaired) electrons. The monoisotopic (exact) mass is 461 g/mol. The third-order valence-electron chi connectivity index (χ3n) is 7.51. The van der Waals surface area contributed by atoms with Crippen LogP contribution in [0.1, 0.15) is 76.1 Å². The standard InChI is InChI=1S/C25H31N7S/c1-15-7-9-18(10-8-15)12-32-22-23(28-17(3)19-5-4-6-19)29-21(11-26)30-24(22)31-25(32)16(2)20-13-33-14-27-20/h13-15,17-19H,2,4-10,12H2,1,3H3,(H,28,29,30)/t15-,17-,18-/m1/s1. The van der Waals surface area contributed by atoms with Crippen molar-refractivity contribution in [2.24, 2.45) is 17.8 Å². The number of hydrogen-bond donors (Lipinski definition) is 1. The normalized spacial score (nSPS) is 22.0. The van der Waals surface area contributed by atoms with E-state index in [9.17, 15) is 5.26 Å². The molecule has 2 aliphatic rings. The molecule has 7 nitrogen and oxygen atoms in total. The Hall–Kier alpha value is -2.79. The molecule has 2 aliphatic carbocycles. The second kappa shape index (κ2) is 9.22. The topological polar surface area (TPSA) is 92.3 Å². The maximum absolute atomic E-state index is 9.58. The van der Waals surface area contributed by atoms with Gasteiger partial charge in [0.2, 0.25) is 5.82 Å². The lowest BCUT2D eigenvalue weighted by Crippen LogP contribution is -2.31. The molecule has 0 saturated heterocycles. The smallest absolute Gasteiger partial charge is 0.236 e. The Labute approximate surface area is 199 Å². The van der Waals surface area contributed by atoms with E-state index in [1.165, 1.54) is 44.9 Å². The summed E-state index contributed by atoms with van der Waals surface area (Å²) in [5.41, 5.74) is 4.87. The lowest BCUT2D eigenvalue weighted by molar-refractivity contribution is 0.266. The Morgan fingerprint density at radius 1 is 1.24 bits per heavy atom. The summed E-state index contributed by atoms with van der Waals surface area (Å²) in [7, 11) is 0. The fourth-order valence-corrected chi connectivity index (χ4v) is 5.68. The number of nitriles is 1. The van der Waals surface area contributed by atoms with Gasteiger partial charge in [0, 0.05) is 23.5 Å². The van der Waals surface area contributed by atoms with Crippen LogP contribution in [0.25, 0.3) is 16.7 Å². The third-order valence-corrected chi connectivity index (χ3v) is 8.10. The van der Waals surface area contributed by atoms with Crippen molar-refractivity contribution in [1.29, 1.82) is 5.26 Å². The Morgan fingerprint density at radius 3 is 2.67 bits per heavy atom. The first-order valence-corrected chi connectivity index (χ1v) is 13.0. The number of rotatable bonds is 7. The summed E-state index contributed by atoms with van der Waals surface area (Å²) < 4.78 is 2.24. The van der Waals surface area contributed by atoms with E-state index in [4.69, 9.17) is 4.98 Å². The van der Waals surface area contributed by atoms with Crippen molar-refractivity contribution in [3.05, 3.63) is 34.8 Å². The molecule has 2 saturated carbocycles. The van der Waals surface area contributed by atoms with Gasteiger partial charge in [0.25, 0.3) is 0 Å². The molecule has 3 aromatic rings. The molecule has 0 bridgehead atoms. The van der Waals surface area contributed by atoms with E-state index in [-0.39, 0.29) is 11.9 Å². The van der Waals surface area contributed by atoms with Crippen LogP contribution < -0.4 is 5.32 Å². The fraction of sp³-hybridized carbons (Fsp3) is 0.560. The Kier molecular flexibility index (Phi) is 6.15. The highest BCUT2D eigenvalue weighted by Crippen LogP contribution is 2.35. The highest BCUT2D eigenvalue weighted by molar-refractivity contribution is 7.07. The summed E-state index contributed by atoms with van der Waals surface area (Å²) in [5.74, 6) is 3.65. The van der Waals surface area contributed by atoms with Crippen molar-refractivity contribution in [3.8, 4) is 6.07 Å². The second-order valence-corrected chi connectivity index (χ2v) is 10.5. The number of nitrogens with zero attached hydrogens (tertiary/aromatic N) is 6. The summed E-state index contributed by atoms with van der Waals surface area (Å²) in [6.07, 6.45) is 8.70. The molecule has 8 heteroatoms. The molecule has 0 aromatic carbocycles. The molecule has 1 N–H and O–H groups in total. The number of nitrogens with one attached hydrogen (secondary N) is 1. The minimum absolute atomic E-state index is 0.146. The molecular formula is C25H31N7S. The van der Waals surface area contributed by atoms with Crippen molar-refractivity contribution >= 4 is 33.9 Å². The predicted octanol–water partition coefficient (Wildman–Crippen LogP) is 5.64. The van der Waals surface area contributed by atoms with Crippen molar-refractivity contribution in [2.75, 3.05) is 5.32 Å². The van der Waals surface area contributed by atoms with Crippen molar-refractivity contribution in [3.63, 3.8) is 0 Å². The van der Waals surface area contributed by atoms with Gasteiger partial charge in [-0.2, -0.15) is 15.2 Å².